The maximum atomic E-state index is 11.8. The van der Waals surface area contributed by atoms with E-state index in [1.54, 1.807) is 12.1 Å². The number of amides is 1. The third-order valence-corrected chi connectivity index (χ3v) is 2.26. The van der Waals surface area contributed by atoms with E-state index in [1.165, 1.54) is 13.2 Å². The molecule has 2 rings (SSSR count). The van der Waals surface area contributed by atoms with Crippen LogP contribution in [0.15, 0.2) is 18.2 Å². The van der Waals surface area contributed by atoms with Crippen molar-refractivity contribution in [2.45, 2.75) is 6.54 Å². The molecule has 8 nitrogen and oxygen atoms in total. The summed E-state index contributed by atoms with van der Waals surface area (Å²) in [5, 5.41) is 25.3. The van der Waals surface area contributed by atoms with Gasteiger partial charge in [0.05, 0.1) is 19.2 Å². The second kappa shape index (κ2) is 5.13. The Morgan fingerprint density at radius 1 is 1.56 bits per heavy atom. The fourth-order valence-electron chi connectivity index (χ4n) is 1.38. The van der Waals surface area contributed by atoms with E-state index in [2.05, 4.69) is 25.9 Å². The number of aromatic nitrogens is 4. The number of hydrogen-bond acceptors (Lipinski definition) is 6. The number of aromatic amines is 1. The maximum absolute atomic E-state index is 11.8. The van der Waals surface area contributed by atoms with Gasteiger partial charge in [0.25, 0.3) is 5.91 Å². The Morgan fingerprint density at radius 2 is 2.39 bits per heavy atom. The summed E-state index contributed by atoms with van der Waals surface area (Å²) in [6, 6.07) is 4.66. The minimum atomic E-state index is -0.448. The zero-order valence-electron chi connectivity index (χ0n) is 9.54. The summed E-state index contributed by atoms with van der Waals surface area (Å²) < 4.78 is 4.92. The normalized spacial score (nSPS) is 10.1. The number of methoxy groups -OCH3 is 1. The molecule has 18 heavy (non-hydrogen) atoms. The fraction of sp³-hybridized carbons (Fsp3) is 0.200. The van der Waals surface area contributed by atoms with Crippen LogP contribution in [-0.2, 0) is 6.54 Å². The Bertz CT molecular complexity index is 540. The number of ether oxygens (including phenoxy) is 1. The number of nitrogens with one attached hydrogen (secondary N) is 2. The predicted octanol–water partition coefficient (Wildman–Crippen LogP) is -0.156. The summed E-state index contributed by atoms with van der Waals surface area (Å²) in [6.07, 6.45) is 0. The number of nitrogens with zero attached hydrogens (tertiary/aromatic N) is 3. The molecule has 1 aromatic carbocycles. The van der Waals surface area contributed by atoms with Crippen LogP contribution in [0.2, 0.25) is 0 Å². The minimum absolute atomic E-state index is 0.117. The summed E-state index contributed by atoms with van der Waals surface area (Å²) in [4.78, 5) is 11.8. The first kappa shape index (κ1) is 11.8. The Morgan fingerprint density at radius 3 is 3.06 bits per heavy atom. The van der Waals surface area contributed by atoms with Gasteiger partial charge in [0, 0.05) is 0 Å². The molecular weight excluding hydrogens is 238 g/mol. The van der Waals surface area contributed by atoms with Gasteiger partial charge in [-0.25, -0.2) is 0 Å². The Hall–Kier alpha value is -2.64. The molecule has 0 fully saturated rings. The van der Waals surface area contributed by atoms with Crippen molar-refractivity contribution in [3.05, 3.63) is 29.6 Å². The highest BCUT2D eigenvalue weighted by molar-refractivity contribution is 5.97. The topological polar surface area (TPSA) is 113 Å². The monoisotopic (exact) mass is 249 g/mol. The Kier molecular flexibility index (Phi) is 3.37. The zero-order valence-corrected chi connectivity index (χ0v) is 9.54. The molecule has 0 unspecified atom stereocenters. The Labute approximate surface area is 102 Å². The van der Waals surface area contributed by atoms with Gasteiger partial charge in [-0.3, -0.25) is 4.79 Å². The highest BCUT2D eigenvalue weighted by Gasteiger charge is 2.14. The number of para-hydroxylation sites is 1. The van der Waals surface area contributed by atoms with Crippen LogP contribution in [-0.4, -0.2) is 38.7 Å². The van der Waals surface area contributed by atoms with Crippen molar-refractivity contribution in [1.82, 2.24) is 25.9 Å². The molecule has 0 saturated carbocycles. The first-order valence-electron chi connectivity index (χ1n) is 5.09. The van der Waals surface area contributed by atoms with E-state index in [9.17, 15) is 9.90 Å². The van der Waals surface area contributed by atoms with E-state index in [-0.39, 0.29) is 23.6 Å². The second-order valence-corrected chi connectivity index (χ2v) is 3.37. The molecule has 0 atom stereocenters. The molecule has 1 heterocycles. The first-order chi connectivity index (χ1) is 8.72. The number of carbonyl (C=O) groups is 1. The SMILES string of the molecule is COc1cccc(C(=O)NCc2nn[nH]n2)c1O. The molecule has 1 aromatic heterocycles. The fourth-order valence-corrected chi connectivity index (χ4v) is 1.38. The summed E-state index contributed by atoms with van der Waals surface area (Å²) in [5.74, 6) is -0.0604. The van der Waals surface area contributed by atoms with Gasteiger partial charge in [-0.2, -0.15) is 5.21 Å². The summed E-state index contributed by atoms with van der Waals surface area (Å²) in [5.41, 5.74) is 0.123. The molecule has 0 aliphatic heterocycles. The number of rotatable bonds is 4. The number of tetrazole rings is 1. The van der Waals surface area contributed by atoms with E-state index < -0.39 is 5.91 Å². The smallest absolute Gasteiger partial charge is 0.255 e. The third-order valence-electron chi connectivity index (χ3n) is 2.26. The van der Waals surface area contributed by atoms with E-state index in [1.807, 2.05) is 0 Å². The van der Waals surface area contributed by atoms with Gasteiger partial charge in [-0.05, 0) is 12.1 Å². The number of hydrogen-bond donors (Lipinski definition) is 3. The molecule has 0 aliphatic rings. The molecule has 0 saturated heterocycles. The summed E-state index contributed by atoms with van der Waals surface area (Å²) in [7, 11) is 1.41. The van der Waals surface area contributed by atoms with Gasteiger partial charge < -0.3 is 15.2 Å². The summed E-state index contributed by atoms with van der Waals surface area (Å²) >= 11 is 0. The number of H-pyrrole nitrogens is 1. The van der Waals surface area contributed by atoms with Crippen LogP contribution < -0.4 is 10.1 Å². The average Bonchev–Trinajstić information content (AvgIpc) is 2.89. The number of carbonyl (C=O) groups excluding carboxylic acids is 1. The number of phenols is 1. The standard InChI is InChI=1S/C10H11N5O3/c1-18-7-4-2-3-6(9(7)16)10(17)11-5-8-12-14-15-13-8/h2-4,16H,5H2,1H3,(H,11,17)(H,12,13,14,15). The van der Waals surface area contributed by atoms with Crippen molar-refractivity contribution in [1.29, 1.82) is 0 Å². The average molecular weight is 249 g/mol. The van der Waals surface area contributed by atoms with Gasteiger partial charge in [-0.1, -0.05) is 11.3 Å². The van der Waals surface area contributed by atoms with Crippen LogP contribution >= 0.6 is 0 Å². The summed E-state index contributed by atoms with van der Waals surface area (Å²) in [6.45, 7) is 0.117. The third kappa shape index (κ3) is 2.37. The van der Waals surface area contributed by atoms with Crippen LogP contribution in [0, 0.1) is 0 Å². The molecular formula is C10H11N5O3. The van der Waals surface area contributed by atoms with Crippen LogP contribution in [0.3, 0.4) is 0 Å². The van der Waals surface area contributed by atoms with Crippen LogP contribution in [0.5, 0.6) is 11.5 Å². The van der Waals surface area contributed by atoms with Crippen LogP contribution in [0.1, 0.15) is 16.2 Å². The molecule has 8 heteroatoms. The lowest BCUT2D eigenvalue weighted by molar-refractivity contribution is 0.0946. The van der Waals surface area contributed by atoms with Gasteiger partial charge in [0.2, 0.25) is 0 Å². The van der Waals surface area contributed by atoms with E-state index in [4.69, 9.17) is 4.74 Å². The van der Waals surface area contributed by atoms with Crippen molar-refractivity contribution >= 4 is 5.91 Å². The van der Waals surface area contributed by atoms with E-state index in [0.29, 0.717) is 5.82 Å². The highest BCUT2D eigenvalue weighted by Crippen LogP contribution is 2.29. The maximum Gasteiger partial charge on any atom is 0.255 e. The van der Waals surface area contributed by atoms with Gasteiger partial charge >= 0.3 is 0 Å². The quantitative estimate of drug-likeness (QED) is 0.694. The lowest BCUT2D eigenvalue weighted by Gasteiger charge is -2.08. The van der Waals surface area contributed by atoms with E-state index >= 15 is 0 Å². The molecule has 2 aromatic rings. The molecule has 0 bridgehead atoms. The predicted molar refractivity (Wildman–Crippen MR) is 60.0 cm³/mol. The number of phenolic OH excluding ortho intramolecular Hbond substituents is 1. The van der Waals surface area contributed by atoms with Crippen LogP contribution in [0.4, 0.5) is 0 Å². The van der Waals surface area contributed by atoms with Gasteiger partial charge in [-0.15, -0.1) is 10.2 Å². The largest absolute Gasteiger partial charge is 0.504 e. The van der Waals surface area contributed by atoms with Crippen molar-refractivity contribution in [2.75, 3.05) is 7.11 Å². The lowest BCUT2D eigenvalue weighted by atomic mass is 10.1. The molecule has 0 aliphatic carbocycles. The Balaban J connectivity index is 2.09. The van der Waals surface area contributed by atoms with Crippen molar-refractivity contribution in [2.24, 2.45) is 0 Å². The highest BCUT2D eigenvalue weighted by atomic mass is 16.5. The van der Waals surface area contributed by atoms with Crippen molar-refractivity contribution < 1.29 is 14.6 Å². The molecule has 0 radical (unpaired) electrons. The molecule has 0 spiro atoms. The van der Waals surface area contributed by atoms with Gasteiger partial charge in [0.15, 0.2) is 17.3 Å². The van der Waals surface area contributed by atoms with E-state index in [0.717, 1.165) is 0 Å². The zero-order chi connectivity index (χ0) is 13.0. The number of benzene rings is 1. The number of aromatic hydroxyl groups is 1. The molecule has 3 N–H and O–H groups in total. The van der Waals surface area contributed by atoms with Crippen molar-refractivity contribution in [3.63, 3.8) is 0 Å². The lowest BCUT2D eigenvalue weighted by Crippen LogP contribution is -2.23. The second-order valence-electron chi connectivity index (χ2n) is 3.37. The first-order valence-corrected chi connectivity index (χ1v) is 5.09. The minimum Gasteiger partial charge on any atom is -0.504 e. The van der Waals surface area contributed by atoms with Gasteiger partial charge in [0.1, 0.15) is 0 Å². The van der Waals surface area contributed by atoms with Crippen LogP contribution in [0.25, 0.3) is 0 Å². The molecule has 94 valence electrons. The van der Waals surface area contributed by atoms with Crippen molar-refractivity contribution in [3.8, 4) is 11.5 Å². The molecule has 1 amide bonds.